The minimum atomic E-state index is -0.656. The first-order valence-corrected chi connectivity index (χ1v) is 6.45. The van der Waals surface area contributed by atoms with Crippen molar-refractivity contribution in [2.24, 2.45) is 5.73 Å². The van der Waals surface area contributed by atoms with Crippen LogP contribution in [0.15, 0.2) is 0 Å². The third kappa shape index (κ3) is 4.81. The van der Waals surface area contributed by atoms with Crippen molar-refractivity contribution < 1.29 is 5.11 Å². The van der Waals surface area contributed by atoms with Gasteiger partial charge in [-0.05, 0) is 53.1 Å². The van der Waals surface area contributed by atoms with E-state index in [0.717, 1.165) is 32.2 Å². The third-order valence-electron chi connectivity index (χ3n) is 4.07. The highest BCUT2D eigenvalue weighted by Gasteiger charge is 2.24. The summed E-state index contributed by atoms with van der Waals surface area (Å²) in [6, 6.07) is 0. The Labute approximate surface area is 101 Å². The molecule has 0 aromatic heterocycles. The molecule has 0 rings (SSSR count). The molecule has 16 heavy (non-hydrogen) atoms. The Morgan fingerprint density at radius 3 is 2.12 bits per heavy atom. The van der Waals surface area contributed by atoms with Gasteiger partial charge in [0.15, 0.2) is 0 Å². The normalized spacial score (nSPS) is 16.5. The van der Waals surface area contributed by atoms with Gasteiger partial charge in [0.25, 0.3) is 0 Å². The standard InChI is InChI=1S/C13H30N2O/c1-6-12(3,4)15(5)10-8-9-13(16,7-2)11-14/h16H,6-11,14H2,1-5H3. The van der Waals surface area contributed by atoms with Gasteiger partial charge in [0, 0.05) is 12.1 Å². The Hall–Kier alpha value is -0.120. The second kappa shape index (κ2) is 6.58. The van der Waals surface area contributed by atoms with Gasteiger partial charge in [-0.1, -0.05) is 13.8 Å². The maximum absolute atomic E-state index is 10.1. The number of nitrogens with zero attached hydrogens (tertiary/aromatic N) is 1. The second-order valence-electron chi connectivity index (χ2n) is 5.47. The van der Waals surface area contributed by atoms with Crippen molar-refractivity contribution in [2.75, 3.05) is 20.1 Å². The van der Waals surface area contributed by atoms with Gasteiger partial charge < -0.3 is 15.7 Å². The van der Waals surface area contributed by atoms with E-state index < -0.39 is 5.60 Å². The van der Waals surface area contributed by atoms with Gasteiger partial charge in [-0.15, -0.1) is 0 Å². The lowest BCUT2D eigenvalue weighted by Gasteiger charge is -2.35. The molecule has 0 radical (unpaired) electrons. The first-order valence-electron chi connectivity index (χ1n) is 6.45. The maximum atomic E-state index is 10.1. The summed E-state index contributed by atoms with van der Waals surface area (Å²) in [5.74, 6) is 0. The molecule has 0 amide bonds. The number of aliphatic hydroxyl groups is 1. The molecule has 3 nitrogen and oxygen atoms in total. The Kier molecular flexibility index (Phi) is 6.53. The average molecular weight is 230 g/mol. The Balaban J connectivity index is 3.99. The Morgan fingerprint density at radius 2 is 1.75 bits per heavy atom. The molecule has 0 bridgehead atoms. The first kappa shape index (κ1) is 15.9. The lowest BCUT2D eigenvalue weighted by atomic mass is 9.93. The monoisotopic (exact) mass is 230 g/mol. The van der Waals surface area contributed by atoms with Crippen molar-refractivity contribution in [2.45, 2.75) is 64.5 Å². The molecule has 3 heteroatoms. The zero-order valence-corrected chi connectivity index (χ0v) is 11.7. The number of hydrogen-bond donors (Lipinski definition) is 2. The lowest BCUT2D eigenvalue weighted by molar-refractivity contribution is 0.0287. The zero-order valence-electron chi connectivity index (χ0n) is 11.7. The van der Waals surface area contributed by atoms with E-state index in [2.05, 4.69) is 32.7 Å². The fourth-order valence-corrected chi connectivity index (χ4v) is 1.64. The van der Waals surface area contributed by atoms with Gasteiger partial charge in [0.2, 0.25) is 0 Å². The average Bonchev–Trinajstić information content (AvgIpc) is 2.28. The summed E-state index contributed by atoms with van der Waals surface area (Å²) in [5.41, 5.74) is 5.17. The van der Waals surface area contributed by atoms with Crippen LogP contribution in [0.4, 0.5) is 0 Å². The minimum Gasteiger partial charge on any atom is -0.389 e. The molecule has 1 unspecified atom stereocenters. The van der Waals surface area contributed by atoms with E-state index in [9.17, 15) is 5.11 Å². The molecule has 0 aliphatic carbocycles. The van der Waals surface area contributed by atoms with Gasteiger partial charge in [-0.2, -0.15) is 0 Å². The molecular formula is C13H30N2O. The second-order valence-corrected chi connectivity index (χ2v) is 5.47. The topological polar surface area (TPSA) is 49.5 Å². The van der Waals surface area contributed by atoms with Gasteiger partial charge >= 0.3 is 0 Å². The zero-order chi connectivity index (χ0) is 12.8. The fraction of sp³-hybridized carbons (Fsp3) is 1.00. The van der Waals surface area contributed by atoms with Gasteiger partial charge in [0.1, 0.15) is 0 Å². The Morgan fingerprint density at radius 1 is 1.19 bits per heavy atom. The molecular weight excluding hydrogens is 200 g/mol. The van der Waals surface area contributed by atoms with Crippen LogP contribution in [-0.4, -0.2) is 41.3 Å². The molecule has 98 valence electrons. The van der Waals surface area contributed by atoms with Crippen molar-refractivity contribution in [1.29, 1.82) is 0 Å². The van der Waals surface area contributed by atoms with Crippen molar-refractivity contribution in [3.05, 3.63) is 0 Å². The Bertz CT molecular complexity index is 188. The molecule has 0 aliphatic heterocycles. The highest BCUT2D eigenvalue weighted by molar-refractivity contribution is 4.81. The summed E-state index contributed by atoms with van der Waals surface area (Å²) in [5, 5.41) is 10.1. The molecule has 0 saturated carbocycles. The summed E-state index contributed by atoms with van der Waals surface area (Å²) >= 11 is 0. The van der Waals surface area contributed by atoms with Crippen LogP contribution in [0, 0.1) is 0 Å². The maximum Gasteiger partial charge on any atom is 0.0767 e. The van der Waals surface area contributed by atoms with Crippen LogP contribution in [0.5, 0.6) is 0 Å². The molecule has 0 aromatic carbocycles. The molecule has 0 saturated heterocycles. The largest absolute Gasteiger partial charge is 0.389 e. The number of hydrogen-bond acceptors (Lipinski definition) is 3. The van der Waals surface area contributed by atoms with Crippen LogP contribution in [0.2, 0.25) is 0 Å². The van der Waals surface area contributed by atoms with Crippen LogP contribution in [0.1, 0.15) is 53.4 Å². The quantitative estimate of drug-likeness (QED) is 0.670. The van der Waals surface area contributed by atoms with Gasteiger partial charge in [-0.25, -0.2) is 0 Å². The predicted octanol–water partition coefficient (Wildman–Crippen LogP) is 1.99. The van der Waals surface area contributed by atoms with E-state index in [1.165, 1.54) is 0 Å². The van der Waals surface area contributed by atoms with Crippen LogP contribution in [0.25, 0.3) is 0 Å². The van der Waals surface area contributed by atoms with E-state index in [1.54, 1.807) is 0 Å². The molecule has 0 fully saturated rings. The van der Waals surface area contributed by atoms with Crippen LogP contribution >= 0.6 is 0 Å². The van der Waals surface area contributed by atoms with E-state index in [0.29, 0.717) is 6.54 Å². The number of rotatable bonds is 8. The summed E-state index contributed by atoms with van der Waals surface area (Å²) in [6.07, 6.45) is 3.68. The summed E-state index contributed by atoms with van der Waals surface area (Å²) in [7, 11) is 2.15. The fourth-order valence-electron chi connectivity index (χ4n) is 1.64. The highest BCUT2D eigenvalue weighted by Crippen LogP contribution is 2.20. The van der Waals surface area contributed by atoms with E-state index in [-0.39, 0.29) is 5.54 Å². The van der Waals surface area contributed by atoms with Crippen molar-refractivity contribution in [3.63, 3.8) is 0 Å². The number of nitrogens with two attached hydrogens (primary N) is 1. The first-order chi connectivity index (χ1) is 7.31. The molecule has 0 spiro atoms. The molecule has 0 aliphatic rings. The SMILES string of the molecule is CCC(O)(CN)CCCN(C)C(C)(C)CC. The summed E-state index contributed by atoms with van der Waals surface area (Å²) < 4.78 is 0. The molecule has 1 atom stereocenters. The van der Waals surface area contributed by atoms with Crippen molar-refractivity contribution in [1.82, 2.24) is 4.90 Å². The lowest BCUT2D eigenvalue weighted by Crippen LogP contribution is -2.42. The van der Waals surface area contributed by atoms with E-state index in [4.69, 9.17) is 5.73 Å². The van der Waals surface area contributed by atoms with E-state index >= 15 is 0 Å². The van der Waals surface area contributed by atoms with Crippen LogP contribution in [0.3, 0.4) is 0 Å². The molecule has 0 heterocycles. The van der Waals surface area contributed by atoms with Crippen LogP contribution in [-0.2, 0) is 0 Å². The summed E-state index contributed by atoms with van der Waals surface area (Å²) in [6.45, 7) is 10.1. The third-order valence-corrected chi connectivity index (χ3v) is 4.07. The molecule has 0 aromatic rings. The highest BCUT2D eigenvalue weighted by atomic mass is 16.3. The molecule has 3 N–H and O–H groups in total. The van der Waals surface area contributed by atoms with Crippen molar-refractivity contribution in [3.8, 4) is 0 Å². The van der Waals surface area contributed by atoms with Crippen LogP contribution < -0.4 is 5.73 Å². The van der Waals surface area contributed by atoms with Gasteiger partial charge in [0.05, 0.1) is 5.60 Å². The summed E-state index contributed by atoms with van der Waals surface area (Å²) in [4.78, 5) is 2.36. The smallest absolute Gasteiger partial charge is 0.0767 e. The van der Waals surface area contributed by atoms with E-state index in [1.807, 2.05) is 6.92 Å². The van der Waals surface area contributed by atoms with Gasteiger partial charge in [-0.3, -0.25) is 0 Å². The predicted molar refractivity (Wildman–Crippen MR) is 70.5 cm³/mol. The van der Waals surface area contributed by atoms with Crippen molar-refractivity contribution >= 4 is 0 Å². The minimum absolute atomic E-state index is 0.243.